The number of hydrogen-bond donors (Lipinski definition) is 1. The first kappa shape index (κ1) is 10.8. The van der Waals surface area contributed by atoms with E-state index in [1.807, 2.05) is 6.07 Å². The van der Waals surface area contributed by atoms with Gasteiger partial charge < -0.3 is 9.73 Å². The largest absolute Gasteiger partial charge is 0.472 e. The minimum absolute atomic E-state index is 0.191. The molecule has 84 valence electrons. The number of aromatic nitrogens is 2. The van der Waals surface area contributed by atoms with Gasteiger partial charge in [-0.2, -0.15) is 0 Å². The Bertz CT molecular complexity index is 399. The highest BCUT2D eigenvalue weighted by atomic mass is 16.3. The van der Waals surface area contributed by atoms with Gasteiger partial charge in [-0.1, -0.05) is 6.92 Å². The summed E-state index contributed by atoms with van der Waals surface area (Å²) in [6.45, 7) is 2.98. The second-order valence-corrected chi connectivity index (χ2v) is 3.58. The van der Waals surface area contributed by atoms with Crippen LogP contribution < -0.4 is 5.32 Å². The van der Waals surface area contributed by atoms with Crippen LogP contribution in [0.5, 0.6) is 0 Å². The third kappa shape index (κ3) is 2.67. The zero-order chi connectivity index (χ0) is 11.2. The molecule has 0 saturated heterocycles. The Morgan fingerprint density at radius 3 is 3.00 bits per heavy atom. The molecule has 1 N–H and O–H groups in total. The summed E-state index contributed by atoms with van der Waals surface area (Å²) < 4.78 is 5.07. The van der Waals surface area contributed by atoms with E-state index in [-0.39, 0.29) is 6.04 Å². The van der Waals surface area contributed by atoms with Gasteiger partial charge in [0.05, 0.1) is 24.3 Å². The van der Waals surface area contributed by atoms with E-state index < -0.39 is 0 Å². The molecule has 4 nitrogen and oxygen atoms in total. The van der Waals surface area contributed by atoms with E-state index in [1.54, 1.807) is 31.1 Å². The molecule has 0 amide bonds. The Labute approximate surface area is 94.7 Å². The van der Waals surface area contributed by atoms with Gasteiger partial charge in [0.15, 0.2) is 0 Å². The third-order valence-electron chi connectivity index (χ3n) is 2.41. The number of nitrogens with zero attached hydrogens (tertiary/aromatic N) is 2. The average molecular weight is 217 g/mol. The van der Waals surface area contributed by atoms with Crippen molar-refractivity contribution in [1.82, 2.24) is 15.3 Å². The Morgan fingerprint density at radius 1 is 1.44 bits per heavy atom. The molecule has 0 aliphatic rings. The van der Waals surface area contributed by atoms with E-state index in [2.05, 4.69) is 22.2 Å². The predicted octanol–water partition coefficient (Wildman–Crippen LogP) is 1.96. The SMILES string of the molecule is CCNC(Cc1ccoc1)c1cnccn1. The first-order valence-corrected chi connectivity index (χ1v) is 5.40. The summed E-state index contributed by atoms with van der Waals surface area (Å²) in [7, 11) is 0. The van der Waals surface area contributed by atoms with Crippen molar-refractivity contribution in [3.05, 3.63) is 48.4 Å². The first-order chi connectivity index (χ1) is 7.90. The van der Waals surface area contributed by atoms with E-state index in [4.69, 9.17) is 4.42 Å². The fourth-order valence-corrected chi connectivity index (χ4v) is 1.66. The average Bonchev–Trinajstić information content (AvgIpc) is 2.83. The van der Waals surface area contributed by atoms with Gasteiger partial charge in [0.25, 0.3) is 0 Å². The van der Waals surface area contributed by atoms with Crippen molar-refractivity contribution in [2.45, 2.75) is 19.4 Å². The molecule has 0 spiro atoms. The van der Waals surface area contributed by atoms with Crippen LogP contribution in [0, 0.1) is 0 Å². The number of nitrogens with one attached hydrogen (secondary N) is 1. The summed E-state index contributed by atoms with van der Waals surface area (Å²) >= 11 is 0. The van der Waals surface area contributed by atoms with Crippen LogP contribution in [-0.4, -0.2) is 16.5 Å². The van der Waals surface area contributed by atoms with Gasteiger partial charge in [-0.3, -0.25) is 9.97 Å². The first-order valence-electron chi connectivity index (χ1n) is 5.40. The quantitative estimate of drug-likeness (QED) is 0.831. The highest BCUT2D eigenvalue weighted by Crippen LogP contribution is 2.15. The number of hydrogen-bond acceptors (Lipinski definition) is 4. The third-order valence-corrected chi connectivity index (χ3v) is 2.41. The van der Waals surface area contributed by atoms with Crippen molar-refractivity contribution in [2.75, 3.05) is 6.54 Å². The van der Waals surface area contributed by atoms with Crippen molar-refractivity contribution in [3.8, 4) is 0 Å². The van der Waals surface area contributed by atoms with Crippen molar-refractivity contribution >= 4 is 0 Å². The van der Waals surface area contributed by atoms with E-state index in [0.717, 1.165) is 24.2 Å². The highest BCUT2D eigenvalue weighted by Gasteiger charge is 2.12. The van der Waals surface area contributed by atoms with Crippen molar-refractivity contribution in [1.29, 1.82) is 0 Å². The molecule has 0 aliphatic heterocycles. The molecule has 2 aromatic heterocycles. The molecular weight excluding hydrogens is 202 g/mol. The summed E-state index contributed by atoms with van der Waals surface area (Å²) in [5.74, 6) is 0. The maximum absolute atomic E-state index is 5.07. The molecular formula is C12H15N3O. The van der Waals surface area contributed by atoms with Gasteiger partial charge in [0, 0.05) is 18.6 Å². The standard InChI is InChI=1S/C12H15N3O/c1-2-14-11(7-10-3-6-16-9-10)12-8-13-4-5-15-12/h3-6,8-9,11,14H,2,7H2,1H3. The lowest BCUT2D eigenvalue weighted by Gasteiger charge is -2.15. The van der Waals surface area contributed by atoms with E-state index in [9.17, 15) is 0 Å². The molecule has 2 heterocycles. The van der Waals surface area contributed by atoms with Gasteiger partial charge in [-0.25, -0.2) is 0 Å². The maximum Gasteiger partial charge on any atom is 0.0935 e. The van der Waals surface area contributed by atoms with Gasteiger partial charge in [0.1, 0.15) is 0 Å². The smallest absolute Gasteiger partial charge is 0.0935 e. The Balaban J connectivity index is 2.11. The van der Waals surface area contributed by atoms with Crippen LogP contribution in [0.2, 0.25) is 0 Å². The second kappa shape index (κ2) is 5.42. The fourth-order valence-electron chi connectivity index (χ4n) is 1.66. The molecule has 0 saturated carbocycles. The topological polar surface area (TPSA) is 51.0 Å². The van der Waals surface area contributed by atoms with Crippen molar-refractivity contribution < 1.29 is 4.42 Å². The Hall–Kier alpha value is -1.68. The zero-order valence-electron chi connectivity index (χ0n) is 9.26. The summed E-state index contributed by atoms with van der Waals surface area (Å²) in [5, 5.41) is 3.39. The zero-order valence-corrected chi connectivity index (χ0v) is 9.26. The van der Waals surface area contributed by atoms with Crippen LogP contribution in [0.3, 0.4) is 0 Å². The molecule has 0 aliphatic carbocycles. The molecule has 0 fully saturated rings. The molecule has 1 unspecified atom stereocenters. The van der Waals surface area contributed by atoms with Crippen LogP contribution in [0.25, 0.3) is 0 Å². The number of likely N-dealkylation sites (N-methyl/N-ethyl adjacent to an activating group) is 1. The summed E-state index contributed by atoms with van der Waals surface area (Å²) in [4.78, 5) is 8.41. The summed E-state index contributed by atoms with van der Waals surface area (Å²) in [6.07, 6.45) is 9.52. The van der Waals surface area contributed by atoms with Gasteiger partial charge >= 0.3 is 0 Å². The highest BCUT2D eigenvalue weighted by molar-refractivity contribution is 5.12. The minimum Gasteiger partial charge on any atom is -0.472 e. The Kier molecular flexibility index (Phi) is 3.66. The molecule has 2 rings (SSSR count). The maximum atomic E-state index is 5.07. The van der Waals surface area contributed by atoms with Crippen LogP contribution in [0.1, 0.15) is 24.2 Å². The minimum atomic E-state index is 0.191. The lowest BCUT2D eigenvalue weighted by molar-refractivity contribution is 0.524. The monoisotopic (exact) mass is 217 g/mol. The van der Waals surface area contributed by atoms with Crippen LogP contribution >= 0.6 is 0 Å². The predicted molar refractivity (Wildman–Crippen MR) is 60.9 cm³/mol. The van der Waals surface area contributed by atoms with Crippen LogP contribution in [0.15, 0.2) is 41.6 Å². The molecule has 1 atom stereocenters. The molecule has 2 aromatic rings. The van der Waals surface area contributed by atoms with E-state index in [0.29, 0.717) is 0 Å². The van der Waals surface area contributed by atoms with Crippen molar-refractivity contribution in [2.24, 2.45) is 0 Å². The lowest BCUT2D eigenvalue weighted by Crippen LogP contribution is -2.23. The van der Waals surface area contributed by atoms with E-state index in [1.165, 1.54) is 0 Å². The van der Waals surface area contributed by atoms with Gasteiger partial charge in [-0.05, 0) is 24.6 Å². The summed E-state index contributed by atoms with van der Waals surface area (Å²) in [6, 6.07) is 2.16. The molecule has 16 heavy (non-hydrogen) atoms. The Morgan fingerprint density at radius 2 is 2.38 bits per heavy atom. The summed E-state index contributed by atoms with van der Waals surface area (Å²) in [5.41, 5.74) is 2.13. The second-order valence-electron chi connectivity index (χ2n) is 3.58. The van der Waals surface area contributed by atoms with Gasteiger partial charge in [-0.15, -0.1) is 0 Å². The van der Waals surface area contributed by atoms with E-state index >= 15 is 0 Å². The lowest BCUT2D eigenvalue weighted by atomic mass is 10.1. The van der Waals surface area contributed by atoms with Crippen LogP contribution in [-0.2, 0) is 6.42 Å². The molecule has 0 radical (unpaired) electrons. The fraction of sp³-hybridized carbons (Fsp3) is 0.333. The number of furan rings is 1. The normalized spacial score (nSPS) is 12.6. The molecule has 0 bridgehead atoms. The number of rotatable bonds is 5. The van der Waals surface area contributed by atoms with Gasteiger partial charge in [0.2, 0.25) is 0 Å². The molecule has 0 aromatic carbocycles. The van der Waals surface area contributed by atoms with Crippen LogP contribution in [0.4, 0.5) is 0 Å². The molecule has 4 heteroatoms. The van der Waals surface area contributed by atoms with Crippen molar-refractivity contribution in [3.63, 3.8) is 0 Å².